The number of nitrogens with one attached hydrogen (secondary N) is 1. The van der Waals surface area contributed by atoms with Crippen molar-refractivity contribution in [3.05, 3.63) is 70.9 Å². The molecule has 1 aliphatic heterocycles. The van der Waals surface area contributed by atoms with E-state index < -0.39 is 14.9 Å². The lowest BCUT2D eigenvalue weighted by Crippen LogP contribution is -2.28. The molecule has 156 valence electrons. The van der Waals surface area contributed by atoms with Gasteiger partial charge < -0.3 is 5.32 Å². The van der Waals surface area contributed by atoms with Gasteiger partial charge in [-0.2, -0.15) is 4.31 Å². The molecule has 1 N–H and O–H groups in total. The van der Waals surface area contributed by atoms with Crippen LogP contribution in [0.4, 0.5) is 11.4 Å². The van der Waals surface area contributed by atoms with Crippen LogP contribution in [0, 0.1) is 10.1 Å². The van der Waals surface area contributed by atoms with Gasteiger partial charge in [0.2, 0.25) is 10.0 Å². The van der Waals surface area contributed by atoms with Gasteiger partial charge in [-0.15, -0.1) is 0 Å². The second-order valence-electron chi connectivity index (χ2n) is 6.90. The smallest absolute Gasteiger partial charge is 0.270 e. The van der Waals surface area contributed by atoms with Crippen LogP contribution < -0.4 is 5.32 Å². The molecule has 0 amide bonds. The SMILES string of the molecule is O=[N+]([O-])c1ccc(NCc2ccc(-n3ccnc3)nc2)c(S(=O)(=O)N2CCCC2)c1. The Morgan fingerprint density at radius 1 is 1.17 bits per heavy atom. The van der Waals surface area contributed by atoms with E-state index in [9.17, 15) is 18.5 Å². The van der Waals surface area contributed by atoms with Crippen LogP contribution in [0.15, 0.2) is 60.1 Å². The minimum atomic E-state index is -3.83. The second-order valence-corrected chi connectivity index (χ2v) is 8.80. The van der Waals surface area contributed by atoms with Crippen LogP contribution in [0.25, 0.3) is 5.82 Å². The van der Waals surface area contributed by atoms with Crippen LogP contribution in [-0.2, 0) is 16.6 Å². The van der Waals surface area contributed by atoms with Crippen molar-refractivity contribution in [2.24, 2.45) is 0 Å². The molecule has 4 rings (SSSR count). The normalized spacial score (nSPS) is 14.7. The van der Waals surface area contributed by atoms with Gasteiger partial charge in [-0.05, 0) is 30.5 Å². The molecule has 0 unspecified atom stereocenters. The Morgan fingerprint density at radius 3 is 2.60 bits per heavy atom. The van der Waals surface area contributed by atoms with Crippen molar-refractivity contribution in [3.8, 4) is 5.82 Å². The van der Waals surface area contributed by atoms with Crippen molar-refractivity contribution in [2.75, 3.05) is 18.4 Å². The summed E-state index contributed by atoms with van der Waals surface area (Å²) in [5, 5.41) is 14.3. The lowest BCUT2D eigenvalue weighted by molar-refractivity contribution is -0.385. The first-order valence-electron chi connectivity index (χ1n) is 9.41. The van der Waals surface area contributed by atoms with Gasteiger partial charge in [-0.25, -0.2) is 18.4 Å². The Bertz CT molecular complexity index is 1140. The monoisotopic (exact) mass is 428 g/mol. The van der Waals surface area contributed by atoms with Gasteiger partial charge in [0.1, 0.15) is 17.0 Å². The van der Waals surface area contributed by atoms with Gasteiger partial charge >= 0.3 is 0 Å². The number of hydrogen-bond acceptors (Lipinski definition) is 7. The van der Waals surface area contributed by atoms with Crippen LogP contribution in [-0.4, -0.2) is 45.3 Å². The molecule has 2 aromatic heterocycles. The number of benzene rings is 1. The van der Waals surface area contributed by atoms with E-state index in [0.717, 1.165) is 24.5 Å². The Morgan fingerprint density at radius 2 is 1.97 bits per heavy atom. The Balaban J connectivity index is 1.58. The summed E-state index contributed by atoms with van der Waals surface area (Å²) in [6.45, 7) is 1.16. The first-order chi connectivity index (χ1) is 14.4. The summed E-state index contributed by atoms with van der Waals surface area (Å²) in [7, 11) is -3.83. The molecule has 3 aromatic rings. The fraction of sp³-hybridized carbons (Fsp3) is 0.263. The number of nitro groups is 1. The molecule has 1 fully saturated rings. The summed E-state index contributed by atoms with van der Waals surface area (Å²) in [5.74, 6) is 0.712. The molecule has 30 heavy (non-hydrogen) atoms. The summed E-state index contributed by atoms with van der Waals surface area (Å²) in [6, 6.07) is 7.56. The molecule has 0 spiro atoms. The maximum Gasteiger partial charge on any atom is 0.270 e. The lowest BCUT2D eigenvalue weighted by atomic mass is 10.2. The molecule has 1 aromatic carbocycles. The van der Waals surface area contributed by atoms with E-state index in [2.05, 4.69) is 15.3 Å². The number of sulfonamides is 1. The Kier molecular flexibility index (Phi) is 5.46. The molecule has 0 atom stereocenters. The van der Waals surface area contributed by atoms with Crippen LogP contribution in [0.1, 0.15) is 18.4 Å². The highest BCUT2D eigenvalue weighted by Crippen LogP contribution is 2.31. The standard InChI is InChI=1S/C19H20N6O4S/c26-25(27)16-4-5-17(18(11-16)30(28,29)24-8-1-2-9-24)21-12-15-3-6-19(22-13-15)23-10-7-20-14-23/h3-7,10-11,13-14,21H,1-2,8-9,12H2. The lowest BCUT2D eigenvalue weighted by Gasteiger charge is -2.19. The van der Waals surface area contributed by atoms with Crippen LogP contribution in [0.2, 0.25) is 0 Å². The molecule has 0 radical (unpaired) electrons. The minimum Gasteiger partial charge on any atom is -0.380 e. The summed E-state index contributed by atoms with van der Waals surface area (Å²) < 4.78 is 29.3. The topological polar surface area (TPSA) is 123 Å². The number of anilines is 1. The minimum absolute atomic E-state index is 0.0819. The van der Waals surface area contributed by atoms with Gasteiger partial charge in [0.25, 0.3) is 5.69 Å². The zero-order valence-electron chi connectivity index (χ0n) is 16.0. The maximum atomic E-state index is 13.1. The van der Waals surface area contributed by atoms with Gasteiger partial charge in [0.15, 0.2) is 0 Å². The van der Waals surface area contributed by atoms with Crippen molar-refractivity contribution in [2.45, 2.75) is 24.3 Å². The number of rotatable bonds is 7. The fourth-order valence-corrected chi connectivity index (χ4v) is 5.02. The Labute approximate surface area is 173 Å². The summed E-state index contributed by atoms with van der Waals surface area (Å²) in [4.78, 5) is 18.9. The highest BCUT2D eigenvalue weighted by atomic mass is 32.2. The number of nitrogens with zero attached hydrogens (tertiary/aromatic N) is 5. The average molecular weight is 428 g/mol. The number of nitro benzene ring substituents is 1. The van der Waals surface area contributed by atoms with Gasteiger partial charge in [-0.3, -0.25) is 14.7 Å². The molecule has 1 aliphatic rings. The molecule has 0 aliphatic carbocycles. The molecule has 0 saturated carbocycles. The van der Waals surface area contributed by atoms with Crippen molar-refractivity contribution in [1.29, 1.82) is 0 Å². The highest BCUT2D eigenvalue weighted by Gasteiger charge is 2.30. The molecular formula is C19H20N6O4S. The van der Waals surface area contributed by atoms with E-state index in [1.165, 1.54) is 16.4 Å². The second kappa shape index (κ2) is 8.20. The predicted octanol–water partition coefficient (Wildman–Crippen LogP) is 2.57. The number of pyridine rings is 1. The maximum absolute atomic E-state index is 13.1. The first kappa shape index (κ1) is 20.0. The van der Waals surface area contributed by atoms with Crippen molar-refractivity contribution in [3.63, 3.8) is 0 Å². The third kappa shape index (κ3) is 4.02. The number of non-ortho nitro benzene ring substituents is 1. The number of hydrogen-bond donors (Lipinski definition) is 1. The first-order valence-corrected chi connectivity index (χ1v) is 10.8. The molecule has 10 nitrogen and oxygen atoms in total. The van der Waals surface area contributed by atoms with E-state index in [0.29, 0.717) is 31.1 Å². The van der Waals surface area contributed by atoms with Crippen LogP contribution >= 0.6 is 0 Å². The van der Waals surface area contributed by atoms with Gasteiger partial charge in [0.05, 0.1) is 10.6 Å². The molecule has 0 bridgehead atoms. The van der Waals surface area contributed by atoms with E-state index in [-0.39, 0.29) is 10.6 Å². The summed E-state index contributed by atoms with van der Waals surface area (Å²) in [6.07, 6.45) is 8.34. The molecule has 1 saturated heterocycles. The molecular weight excluding hydrogens is 408 g/mol. The molecule has 3 heterocycles. The quantitative estimate of drug-likeness (QED) is 0.453. The zero-order valence-corrected chi connectivity index (χ0v) is 16.8. The van der Waals surface area contributed by atoms with Crippen LogP contribution in [0.3, 0.4) is 0 Å². The third-order valence-electron chi connectivity index (χ3n) is 4.92. The van der Waals surface area contributed by atoms with Crippen molar-refractivity contribution >= 4 is 21.4 Å². The highest BCUT2D eigenvalue weighted by molar-refractivity contribution is 7.89. The van der Waals surface area contributed by atoms with E-state index in [1.54, 1.807) is 29.5 Å². The number of aromatic nitrogens is 3. The van der Waals surface area contributed by atoms with Crippen molar-refractivity contribution < 1.29 is 13.3 Å². The largest absolute Gasteiger partial charge is 0.380 e. The van der Waals surface area contributed by atoms with Crippen molar-refractivity contribution in [1.82, 2.24) is 18.8 Å². The fourth-order valence-electron chi connectivity index (χ4n) is 3.32. The summed E-state index contributed by atoms with van der Waals surface area (Å²) in [5.41, 5.74) is 0.901. The zero-order chi connectivity index (χ0) is 21.1. The molecule has 11 heteroatoms. The van der Waals surface area contributed by atoms with Gasteiger partial charge in [-0.1, -0.05) is 6.07 Å². The average Bonchev–Trinajstić information content (AvgIpc) is 3.47. The predicted molar refractivity (Wildman–Crippen MR) is 110 cm³/mol. The van der Waals surface area contributed by atoms with Gasteiger partial charge in [0, 0.05) is 50.4 Å². The number of imidazole rings is 1. The van der Waals surface area contributed by atoms with E-state index in [1.807, 2.05) is 12.1 Å². The van der Waals surface area contributed by atoms with E-state index in [4.69, 9.17) is 0 Å². The van der Waals surface area contributed by atoms with Crippen LogP contribution in [0.5, 0.6) is 0 Å². The van der Waals surface area contributed by atoms with E-state index >= 15 is 0 Å². The Hall–Kier alpha value is -3.31. The third-order valence-corrected chi connectivity index (χ3v) is 6.86. The summed E-state index contributed by atoms with van der Waals surface area (Å²) >= 11 is 0.